The highest BCUT2D eigenvalue weighted by Gasteiger charge is 2.56. The van der Waals surface area contributed by atoms with Gasteiger partial charge < -0.3 is 10.6 Å². The number of hydrogen-bond acceptors (Lipinski definition) is 3. The quantitative estimate of drug-likeness (QED) is 0.599. The van der Waals surface area contributed by atoms with E-state index in [9.17, 15) is 9.59 Å². The van der Waals surface area contributed by atoms with E-state index in [1.807, 2.05) is 6.07 Å². The number of benzene rings is 1. The van der Waals surface area contributed by atoms with Crippen molar-refractivity contribution in [3.63, 3.8) is 0 Å². The van der Waals surface area contributed by atoms with E-state index < -0.39 is 5.41 Å². The minimum atomic E-state index is -0.922. The Hall–Kier alpha value is -2.35. The lowest BCUT2D eigenvalue weighted by Gasteiger charge is -2.15. The maximum absolute atomic E-state index is 12.4. The van der Waals surface area contributed by atoms with Crippen molar-refractivity contribution in [1.82, 2.24) is 5.32 Å². The van der Waals surface area contributed by atoms with Crippen molar-refractivity contribution in [2.24, 2.45) is 5.41 Å². The highest BCUT2D eigenvalue weighted by molar-refractivity contribution is 6.13. The molecular weight excluding hydrogens is 278 g/mol. The van der Waals surface area contributed by atoms with Gasteiger partial charge in [0.2, 0.25) is 11.8 Å². The average molecular weight is 299 g/mol. The van der Waals surface area contributed by atoms with Crippen molar-refractivity contribution in [3.05, 3.63) is 29.8 Å². The Morgan fingerprint density at radius 1 is 1.27 bits per heavy atom. The average Bonchev–Trinajstić information content (AvgIpc) is 3.33. The van der Waals surface area contributed by atoms with E-state index in [0.29, 0.717) is 30.6 Å². The molecule has 2 amide bonds. The summed E-state index contributed by atoms with van der Waals surface area (Å²) < 4.78 is 0. The molecule has 5 nitrogen and oxygen atoms in total. The highest BCUT2D eigenvalue weighted by atomic mass is 16.2. The summed E-state index contributed by atoms with van der Waals surface area (Å²) in [5.74, 6) is -0.465. The number of carbonyl (C=O) groups excluding carboxylic acids is 2. The molecule has 1 aliphatic carbocycles. The third-order valence-corrected chi connectivity index (χ3v) is 3.93. The molecule has 0 radical (unpaired) electrons. The molecule has 1 fully saturated rings. The van der Waals surface area contributed by atoms with E-state index in [0.717, 1.165) is 19.3 Å². The predicted molar refractivity (Wildman–Crippen MR) is 84.0 cm³/mol. The molecule has 1 aromatic rings. The molecule has 0 atom stereocenters. The molecule has 0 saturated heterocycles. The molecule has 1 aromatic carbocycles. The number of amides is 2. The second kappa shape index (κ2) is 7.08. The van der Waals surface area contributed by atoms with Crippen molar-refractivity contribution in [2.75, 3.05) is 11.9 Å². The zero-order valence-corrected chi connectivity index (χ0v) is 12.8. The first-order valence-electron chi connectivity index (χ1n) is 7.72. The van der Waals surface area contributed by atoms with Gasteiger partial charge in [0.25, 0.3) is 0 Å². The minimum Gasteiger partial charge on any atom is -0.355 e. The van der Waals surface area contributed by atoms with Gasteiger partial charge in [0.15, 0.2) is 0 Å². The van der Waals surface area contributed by atoms with Crippen LogP contribution in [0.5, 0.6) is 0 Å². The van der Waals surface area contributed by atoms with E-state index >= 15 is 0 Å². The van der Waals surface area contributed by atoms with Crippen molar-refractivity contribution in [2.45, 2.75) is 39.0 Å². The van der Waals surface area contributed by atoms with Gasteiger partial charge in [-0.15, -0.1) is 0 Å². The topological polar surface area (TPSA) is 82.0 Å². The van der Waals surface area contributed by atoms with Gasteiger partial charge in [0.05, 0.1) is 11.6 Å². The van der Waals surface area contributed by atoms with Gasteiger partial charge in [0.1, 0.15) is 5.41 Å². The second-order valence-electron chi connectivity index (χ2n) is 5.69. The van der Waals surface area contributed by atoms with E-state index in [1.165, 1.54) is 0 Å². The maximum Gasteiger partial charge on any atom is 0.240 e. The zero-order valence-electron chi connectivity index (χ0n) is 12.8. The number of unbranched alkanes of at least 4 members (excludes halogenated alkanes) is 2. The summed E-state index contributed by atoms with van der Waals surface area (Å²) in [5.41, 5.74) is 0.107. The number of nitrogens with one attached hydrogen (secondary N) is 2. The third-order valence-electron chi connectivity index (χ3n) is 3.93. The van der Waals surface area contributed by atoms with E-state index in [4.69, 9.17) is 5.26 Å². The molecule has 0 aromatic heterocycles. The molecular formula is C17H21N3O2. The number of rotatable bonds is 7. The number of nitrogens with zero attached hydrogens (tertiary/aromatic N) is 1. The maximum atomic E-state index is 12.4. The molecule has 0 unspecified atom stereocenters. The molecule has 1 saturated carbocycles. The van der Waals surface area contributed by atoms with Gasteiger partial charge in [-0.05, 0) is 37.5 Å². The lowest BCUT2D eigenvalue weighted by Crippen LogP contribution is -2.40. The molecule has 2 N–H and O–H groups in total. The first-order chi connectivity index (χ1) is 10.6. The molecule has 22 heavy (non-hydrogen) atoms. The molecule has 0 spiro atoms. The molecule has 0 bridgehead atoms. The number of anilines is 1. The summed E-state index contributed by atoms with van der Waals surface area (Å²) in [5, 5.41) is 14.5. The van der Waals surface area contributed by atoms with Gasteiger partial charge in [0, 0.05) is 12.2 Å². The first-order valence-corrected chi connectivity index (χ1v) is 7.72. The molecule has 0 aliphatic heterocycles. The Balaban J connectivity index is 1.93. The molecule has 116 valence electrons. The fourth-order valence-corrected chi connectivity index (χ4v) is 2.35. The van der Waals surface area contributed by atoms with Crippen LogP contribution in [0.25, 0.3) is 0 Å². The SMILES string of the molecule is CCCCCNC(=O)C1(C(=O)Nc2cccc(C#N)c2)CC1. The van der Waals surface area contributed by atoms with Crippen molar-refractivity contribution >= 4 is 17.5 Å². The highest BCUT2D eigenvalue weighted by Crippen LogP contribution is 2.46. The summed E-state index contributed by atoms with van der Waals surface area (Å²) in [7, 11) is 0. The van der Waals surface area contributed by atoms with Crippen LogP contribution in [0.3, 0.4) is 0 Å². The van der Waals surface area contributed by atoms with E-state index in [2.05, 4.69) is 17.6 Å². The van der Waals surface area contributed by atoms with Crippen LogP contribution < -0.4 is 10.6 Å². The van der Waals surface area contributed by atoms with Crippen LogP contribution in [0.4, 0.5) is 5.69 Å². The summed E-state index contributed by atoms with van der Waals surface area (Å²) in [6, 6.07) is 8.72. The number of hydrogen-bond donors (Lipinski definition) is 2. The van der Waals surface area contributed by atoms with Crippen LogP contribution >= 0.6 is 0 Å². The van der Waals surface area contributed by atoms with Crippen LogP contribution in [0.15, 0.2) is 24.3 Å². The third kappa shape index (κ3) is 3.64. The minimum absolute atomic E-state index is 0.183. The smallest absolute Gasteiger partial charge is 0.240 e. The lowest BCUT2D eigenvalue weighted by atomic mass is 10.0. The standard InChI is InChI=1S/C17H21N3O2/c1-2-3-4-10-19-15(21)17(8-9-17)16(22)20-14-7-5-6-13(11-14)12-18/h5-7,11H,2-4,8-10H2,1H3,(H,19,21)(H,20,22). The number of carbonyl (C=O) groups is 2. The van der Waals surface area contributed by atoms with Crippen LogP contribution in [0.1, 0.15) is 44.6 Å². The van der Waals surface area contributed by atoms with E-state index in [1.54, 1.807) is 24.3 Å². The van der Waals surface area contributed by atoms with Crippen molar-refractivity contribution in [3.8, 4) is 6.07 Å². The summed E-state index contributed by atoms with van der Waals surface area (Å²) >= 11 is 0. The van der Waals surface area contributed by atoms with Gasteiger partial charge in [-0.1, -0.05) is 25.8 Å². The first kappa shape index (κ1) is 16.0. The van der Waals surface area contributed by atoms with Crippen LogP contribution in [-0.2, 0) is 9.59 Å². The van der Waals surface area contributed by atoms with Gasteiger partial charge in [-0.2, -0.15) is 5.26 Å². The Morgan fingerprint density at radius 3 is 2.68 bits per heavy atom. The molecule has 0 heterocycles. The fraction of sp³-hybridized carbons (Fsp3) is 0.471. The van der Waals surface area contributed by atoms with E-state index in [-0.39, 0.29) is 11.8 Å². The Bertz CT molecular complexity index is 600. The Morgan fingerprint density at radius 2 is 2.05 bits per heavy atom. The largest absolute Gasteiger partial charge is 0.355 e. The van der Waals surface area contributed by atoms with Gasteiger partial charge in [-0.25, -0.2) is 0 Å². The predicted octanol–water partition coefficient (Wildman–Crippen LogP) is 2.58. The lowest BCUT2D eigenvalue weighted by molar-refractivity contribution is -0.134. The van der Waals surface area contributed by atoms with Crippen LogP contribution in [0, 0.1) is 16.7 Å². The Kier molecular flexibility index (Phi) is 5.16. The van der Waals surface area contributed by atoms with Crippen molar-refractivity contribution in [1.29, 1.82) is 5.26 Å². The summed E-state index contributed by atoms with van der Waals surface area (Å²) in [6.45, 7) is 2.72. The Labute approximate surface area is 130 Å². The van der Waals surface area contributed by atoms with Crippen LogP contribution in [0.2, 0.25) is 0 Å². The summed E-state index contributed by atoms with van der Waals surface area (Å²) in [4.78, 5) is 24.6. The monoisotopic (exact) mass is 299 g/mol. The zero-order chi connectivity index (χ0) is 16.0. The van der Waals surface area contributed by atoms with Gasteiger partial charge in [-0.3, -0.25) is 9.59 Å². The molecule has 5 heteroatoms. The van der Waals surface area contributed by atoms with Crippen LogP contribution in [-0.4, -0.2) is 18.4 Å². The molecule has 2 rings (SSSR count). The second-order valence-corrected chi connectivity index (χ2v) is 5.69. The van der Waals surface area contributed by atoms with Gasteiger partial charge >= 0.3 is 0 Å². The molecule has 1 aliphatic rings. The summed E-state index contributed by atoms with van der Waals surface area (Å²) in [6.07, 6.45) is 4.26. The fourth-order valence-electron chi connectivity index (χ4n) is 2.35. The number of nitriles is 1. The van der Waals surface area contributed by atoms with Crippen molar-refractivity contribution < 1.29 is 9.59 Å². The normalized spacial score (nSPS) is 14.7.